The van der Waals surface area contributed by atoms with Crippen molar-refractivity contribution >= 4 is 13.1 Å². The Hall–Kier alpha value is -3.60. The zero-order valence-electron chi connectivity index (χ0n) is 19.1. The summed E-state index contributed by atoms with van der Waals surface area (Å²) in [4.78, 5) is 6.81. The number of benzene rings is 3. The molecule has 0 unspecified atom stereocenters. The normalized spacial score (nSPS) is 13.7. The molecular formula is C28H27BFN2O. The molecule has 0 aliphatic carbocycles. The number of nitrogens with zero attached hydrogens (tertiary/aromatic N) is 2. The summed E-state index contributed by atoms with van der Waals surface area (Å²) < 4.78 is 21.5. The monoisotopic (exact) mass is 437 g/mol. The number of amidine groups is 1. The molecule has 0 bridgehead atoms. The van der Waals surface area contributed by atoms with E-state index < -0.39 is 5.82 Å². The molecule has 0 atom stereocenters. The summed E-state index contributed by atoms with van der Waals surface area (Å²) in [5.41, 5.74) is 5.22. The maximum Gasteiger partial charge on any atom is 0.176 e. The van der Waals surface area contributed by atoms with Crippen LogP contribution in [0.15, 0.2) is 107 Å². The molecule has 0 amide bonds. The fourth-order valence-corrected chi connectivity index (χ4v) is 4.00. The molecule has 1 radical (unpaired) electrons. The lowest BCUT2D eigenvalue weighted by Gasteiger charge is -2.34. The molecule has 1 aliphatic rings. The van der Waals surface area contributed by atoms with Crippen LogP contribution in [-0.2, 0) is 13.0 Å². The van der Waals surface area contributed by atoms with E-state index in [1.54, 1.807) is 18.2 Å². The van der Waals surface area contributed by atoms with Crippen LogP contribution in [0.2, 0.25) is 6.82 Å². The standard InChI is InChI=1S/C28H27BFN2O/c1-20-26(29-3)21(2)32(18-17-22-11-6-4-7-12-22)28(31-20)24-15-10-16-25(27(24)30)33-19-23-13-8-5-9-14-23/h4-16H,2,17-19H2,1,3H3. The summed E-state index contributed by atoms with van der Waals surface area (Å²) in [5.74, 6) is 0.352. The molecular weight excluding hydrogens is 410 g/mol. The number of rotatable bonds is 8. The second-order valence-corrected chi connectivity index (χ2v) is 7.95. The van der Waals surface area contributed by atoms with E-state index in [2.05, 4.69) is 18.7 Å². The first-order chi connectivity index (χ1) is 16.1. The van der Waals surface area contributed by atoms with E-state index in [-0.39, 0.29) is 5.75 Å². The van der Waals surface area contributed by atoms with Crippen molar-refractivity contribution in [2.45, 2.75) is 26.8 Å². The lowest BCUT2D eigenvalue weighted by molar-refractivity contribution is 0.290. The van der Waals surface area contributed by atoms with Gasteiger partial charge in [0.15, 0.2) is 18.8 Å². The Kier molecular flexibility index (Phi) is 7.08. The maximum absolute atomic E-state index is 15.6. The van der Waals surface area contributed by atoms with Gasteiger partial charge in [-0.05, 0) is 42.1 Å². The van der Waals surface area contributed by atoms with Gasteiger partial charge in [0.2, 0.25) is 0 Å². The lowest BCUT2D eigenvalue weighted by atomic mass is 9.69. The van der Waals surface area contributed by atoms with Crippen LogP contribution in [0.5, 0.6) is 5.75 Å². The Morgan fingerprint density at radius 3 is 2.27 bits per heavy atom. The fourth-order valence-electron chi connectivity index (χ4n) is 4.00. The Balaban J connectivity index is 1.64. The number of aliphatic imine (C=N–C) groups is 1. The van der Waals surface area contributed by atoms with Crippen molar-refractivity contribution in [2.24, 2.45) is 4.99 Å². The molecule has 0 saturated heterocycles. The smallest absolute Gasteiger partial charge is 0.176 e. The van der Waals surface area contributed by atoms with E-state index in [4.69, 9.17) is 9.73 Å². The molecule has 0 N–H and O–H groups in total. The topological polar surface area (TPSA) is 24.8 Å². The molecule has 0 spiro atoms. The fraction of sp³-hybridized carbons (Fsp3) is 0.179. The number of hydrogen-bond acceptors (Lipinski definition) is 3. The highest BCUT2D eigenvalue weighted by molar-refractivity contribution is 6.46. The van der Waals surface area contributed by atoms with Crippen molar-refractivity contribution in [3.05, 3.63) is 125 Å². The van der Waals surface area contributed by atoms with Gasteiger partial charge in [-0.3, -0.25) is 0 Å². The van der Waals surface area contributed by atoms with Crippen molar-refractivity contribution < 1.29 is 9.13 Å². The number of ether oxygens (including phenoxy) is 1. The summed E-state index contributed by atoms with van der Waals surface area (Å²) >= 11 is 0. The highest BCUT2D eigenvalue weighted by Crippen LogP contribution is 2.30. The van der Waals surface area contributed by atoms with Gasteiger partial charge in [0, 0.05) is 17.9 Å². The van der Waals surface area contributed by atoms with Gasteiger partial charge in [0.25, 0.3) is 0 Å². The Morgan fingerprint density at radius 1 is 0.939 bits per heavy atom. The summed E-state index contributed by atoms with van der Waals surface area (Å²) in [6, 6.07) is 25.2. The van der Waals surface area contributed by atoms with Crippen LogP contribution in [0, 0.1) is 5.82 Å². The molecule has 1 aliphatic heterocycles. The third-order valence-electron chi connectivity index (χ3n) is 5.75. The summed E-state index contributed by atoms with van der Waals surface area (Å²) in [5, 5.41) is 0. The van der Waals surface area contributed by atoms with Crippen molar-refractivity contribution in [1.82, 2.24) is 4.90 Å². The zero-order chi connectivity index (χ0) is 23.2. The quantitative estimate of drug-likeness (QED) is 0.392. The van der Waals surface area contributed by atoms with Gasteiger partial charge in [-0.1, -0.05) is 80.1 Å². The third kappa shape index (κ3) is 5.09. The van der Waals surface area contributed by atoms with Gasteiger partial charge < -0.3 is 9.64 Å². The van der Waals surface area contributed by atoms with Crippen LogP contribution in [0.4, 0.5) is 4.39 Å². The Bertz CT molecular complexity index is 1190. The van der Waals surface area contributed by atoms with Crippen LogP contribution in [0.25, 0.3) is 0 Å². The van der Waals surface area contributed by atoms with Crippen molar-refractivity contribution in [2.75, 3.05) is 6.54 Å². The van der Waals surface area contributed by atoms with Crippen LogP contribution in [0.1, 0.15) is 23.6 Å². The maximum atomic E-state index is 15.6. The van der Waals surface area contributed by atoms with Crippen LogP contribution in [0.3, 0.4) is 0 Å². The van der Waals surface area contributed by atoms with Gasteiger partial charge in [-0.15, -0.1) is 0 Å². The number of allylic oxidation sites excluding steroid dienone is 2. The SMILES string of the molecule is C=C1C([B]C)=C(C)N=C(c2cccc(OCc3ccccc3)c2F)N1CCc1ccccc1. The number of hydrogen-bond donors (Lipinski definition) is 0. The minimum absolute atomic E-state index is 0.210. The molecule has 3 aromatic carbocycles. The van der Waals surface area contributed by atoms with Crippen LogP contribution in [-0.4, -0.2) is 24.6 Å². The van der Waals surface area contributed by atoms with E-state index in [1.807, 2.05) is 74.5 Å². The van der Waals surface area contributed by atoms with Gasteiger partial charge in [0.1, 0.15) is 12.4 Å². The van der Waals surface area contributed by atoms with E-state index in [0.717, 1.165) is 28.9 Å². The van der Waals surface area contributed by atoms with Crippen molar-refractivity contribution in [3.8, 4) is 5.75 Å². The minimum Gasteiger partial charge on any atom is -0.486 e. The predicted octanol–water partition coefficient (Wildman–Crippen LogP) is 6.21. The van der Waals surface area contributed by atoms with Gasteiger partial charge in [-0.2, -0.15) is 0 Å². The second kappa shape index (κ2) is 10.3. The van der Waals surface area contributed by atoms with Gasteiger partial charge >= 0.3 is 0 Å². The van der Waals surface area contributed by atoms with E-state index >= 15 is 4.39 Å². The molecule has 0 saturated carbocycles. The second-order valence-electron chi connectivity index (χ2n) is 7.95. The Labute approximate surface area is 196 Å². The Morgan fingerprint density at radius 2 is 1.61 bits per heavy atom. The molecule has 1 heterocycles. The first-order valence-corrected chi connectivity index (χ1v) is 11.1. The molecule has 4 rings (SSSR count). The summed E-state index contributed by atoms with van der Waals surface area (Å²) in [7, 11) is 2.00. The molecule has 33 heavy (non-hydrogen) atoms. The van der Waals surface area contributed by atoms with Crippen molar-refractivity contribution in [3.63, 3.8) is 0 Å². The third-order valence-corrected chi connectivity index (χ3v) is 5.75. The first kappa shape index (κ1) is 22.6. The average Bonchev–Trinajstić information content (AvgIpc) is 2.84. The number of halogens is 1. The lowest BCUT2D eigenvalue weighted by Crippen LogP contribution is -2.37. The van der Waals surface area contributed by atoms with Gasteiger partial charge in [-0.25, -0.2) is 9.38 Å². The molecule has 3 aromatic rings. The molecule has 5 heteroatoms. The van der Waals surface area contributed by atoms with Crippen molar-refractivity contribution in [1.29, 1.82) is 0 Å². The van der Waals surface area contributed by atoms with E-state index in [1.165, 1.54) is 5.56 Å². The summed E-state index contributed by atoms with van der Waals surface area (Å²) in [6.45, 7) is 9.16. The summed E-state index contributed by atoms with van der Waals surface area (Å²) in [6.07, 6.45) is 0.792. The minimum atomic E-state index is -0.415. The van der Waals surface area contributed by atoms with E-state index in [9.17, 15) is 0 Å². The highest BCUT2D eigenvalue weighted by atomic mass is 19.1. The molecule has 0 aromatic heterocycles. The van der Waals surface area contributed by atoms with Crippen LogP contribution >= 0.6 is 0 Å². The molecule has 0 fully saturated rings. The zero-order valence-corrected chi connectivity index (χ0v) is 19.1. The average molecular weight is 437 g/mol. The largest absolute Gasteiger partial charge is 0.486 e. The first-order valence-electron chi connectivity index (χ1n) is 11.1. The van der Waals surface area contributed by atoms with Gasteiger partial charge in [0.05, 0.1) is 5.56 Å². The molecule has 165 valence electrons. The van der Waals surface area contributed by atoms with Crippen LogP contribution < -0.4 is 4.74 Å². The predicted molar refractivity (Wildman–Crippen MR) is 134 cm³/mol. The molecule has 3 nitrogen and oxygen atoms in total. The highest BCUT2D eigenvalue weighted by Gasteiger charge is 2.27. The van der Waals surface area contributed by atoms with E-state index in [0.29, 0.717) is 24.6 Å².